The molecule has 0 unspecified atom stereocenters. The summed E-state index contributed by atoms with van der Waals surface area (Å²) in [4.78, 5) is 5.29. The summed E-state index contributed by atoms with van der Waals surface area (Å²) in [5.41, 5.74) is 4.45. The SMILES string of the molecule is Cc1ccc(CN2CCC3(CC2)C[C@@H](N2CCCC2)CO3)cc1C. The van der Waals surface area contributed by atoms with Crippen molar-refractivity contribution >= 4 is 0 Å². The minimum absolute atomic E-state index is 0.187. The molecule has 0 bridgehead atoms. The number of piperidine rings is 1. The molecule has 3 fully saturated rings. The number of aryl methyl sites for hydroxylation is 2. The first-order valence-corrected chi connectivity index (χ1v) is 9.80. The third-order valence-corrected chi connectivity index (χ3v) is 6.59. The third-order valence-electron chi connectivity index (χ3n) is 6.59. The van der Waals surface area contributed by atoms with E-state index in [4.69, 9.17) is 4.74 Å². The standard InChI is InChI=1S/C21H32N2O/c1-17-5-6-19(13-18(17)2)15-22-11-7-21(8-12-22)14-20(16-24-21)23-9-3-4-10-23/h5-6,13,20H,3-4,7-12,14-16H2,1-2H3/t20-/m1/s1. The van der Waals surface area contributed by atoms with Crippen molar-refractivity contribution in [3.05, 3.63) is 34.9 Å². The van der Waals surface area contributed by atoms with Crippen LogP contribution >= 0.6 is 0 Å². The predicted octanol–water partition coefficient (Wildman–Crippen LogP) is 3.52. The van der Waals surface area contributed by atoms with E-state index in [-0.39, 0.29) is 5.60 Å². The lowest BCUT2D eigenvalue weighted by Crippen LogP contribution is -2.44. The largest absolute Gasteiger partial charge is 0.373 e. The minimum Gasteiger partial charge on any atom is -0.373 e. The molecule has 4 rings (SSSR count). The summed E-state index contributed by atoms with van der Waals surface area (Å²) in [6.45, 7) is 11.4. The lowest BCUT2D eigenvalue weighted by atomic mass is 9.87. The molecular formula is C21H32N2O. The molecule has 3 aliphatic rings. The second kappa shape index (κ2) is 6.78. The zero-order valence-corrected chi connectivity index (χ0v) is 15.4. The van der Waals surface area contributed by atoms with Crippen LogP contribution in [-0.2, 0) is 11.3 Å². The molecule has 1 aromatic carbocycles. The molecule has 0 aromatic heterocycles. The summed E-state index contributed by atoms with van der Waals surface area (Å²) in [5, 5.41) is 0. The van der Waals surface area contributed by atoms with Crippen LogP contribution in [0.25, 0.3) is 0 Å². The van der Waals surface area contributed by atoms with Gasteiger partial charge in [-0.25, -0.2) is 0 Å². The van der Waals surface area contributed by atoms with Crippen LogP contribution in [0.2, 0.25) is 0 Å². The van der Waals surface area contributed by atoms with E-state index in [1.807, 2.05) is 0 Å². The summed E-state index contributed by atoms with van der Waals surface area (Å²) in [5.74, 6) is 0. The Labute approximate surface area is 147 Å². The smallest absolute Gasteiger partial charge is 0.0723 e. The molecule has 24 heavy (non-hydrogen) atoms. The normalized spacial score (nSPS) is 28.0. The van der Waals surface area contributed by atoms with Crippen molar-refractivity contribution in [3.63, 3.8) is 0 Å². The highest BCUT2D eigenvalue weighted by molar-refractivity contribution is 5.29. The highest BCUT2D eigenvalue weighted by Crippen LogP contribution is 2.38. The van der Waals surface area contributed by atoms with E-state index in [0.29, 0.717) is 6.04 Å². The maximum Gasteiger partial charge on any atom is 0.0723 e. The van der Waals surface area contributed by atoms with Crippen LogP contribution in [0.15, 0.2) is 18.2 Å². The Kier molecular flexibility index (Phi) is 4.68. The minimum atomic E-state index is 0.187. The fourth-order valence-electron chi connectivity index (χ4n) is 4.79. The van der Waals surface area contributed by atoms with E-state index in [2.05, 4.69) is 41.8 Å². The van der Waals surface area contributed by atoms with Crippen molar-refractivity contribution in [1.29, 1.82) is 0 Å². The van der Waals surface area contributed by atoms with Crippen LogP contribution in [0, 0.1) is 13.8 Å². The lowest BCUT2D eigenvalue weighted by Gasteiger charge is -2.39. The van der Waals surface area contributed by atoms with Gasteiger partial charge in [-0.05, 0) is 75.7 Å². The van der Waals surface area contributed by atoms with E-state index >= 15 is 0 Å². The van der Waals surface area contributed by atoms with Gasteiger partial charge in [-0.3, -0.25) is 9.80 Å². The number of ether oxygens (including phenoxy) is 1. The second-order valence-electron chi connectivity index (χ2n) is 8.29. The van der Waals surface area contributed by atoms with E-state index < -0.39 is 0 Å². The van der Waals surface area contributed by atoms with Crippen molar-refractivity contribution in [2.45, 2.75) is 64.1 Å². The zero-order chi connectivity index (χ0) is 16.6. The van der Waals surface area contributed by atoms with Gasteiger partial charge in [0.15, 0.2) is 0 Å². The maximum atomic E-state index is 6.37. The summed E-state index contributed by atoms with van der Waals surface area (Å²) in [6.07, 6.45) is 6.45. The number of benzene rings is 1. The van der Waals surface area contributed by atoms with Crippen LogP contribution in [0.4, 0.5) is 0 Å². The van der Waals surface area contributed by atoms with Gasteiger partial charge in [-0.15, -0.1) is 0 Å². The van der Waals surface area contributed by atoms with Gasteiger partial charge in [-0.1, -0.05) is 18.2 Å². The molecule has 1 aromatic rings. The molecule has 0 radical (unpaired) electrons. The van der Waals surface area contributed by atoms with Gasteiger partial charge in [0, 0.05) is 25.7 Å². The molecule has 1 atom stereocenters. The third kappa shape index (κ3) is 3.40. The molecule has 0 aliphatic carbocycles. The van der Waals surface area contributed by atoms with Gasteiger partial charge in [0.2, 0.25) is 0 Å². The van der Waals surface area contributed by atoms with Gasteiger partial charge in [0.1, 0.15) is 0 Å². The van der Waals surface area contributed by atoms with Crippen LogP contribution in [0.3, 0.4) is 0 Å². The second-order valence-corrected chi connectivity index (χ2v) is 8.29. The zero-order valence-electron chi connectivity index (χ0n) is 15.4. The van der Waals surface area contributed by atoms with Gasteiger partial charge in [0.25, 0.3) is 0 Å². The first-order chi connectivity index (χ1) is 11.6. The summed E-state index contributed by atoms with van der Waals surface area (Å²) < 4.78 is 6.37. The fraction of sp³-hybridized carbons (Fsp3) is 0.714. The molecule has 3 heteroatoms. The molecular weight excluding hydrogens is 296 g/mol. The highest BCUT2D eigenvalue weighted by Gasteiger charge is 2.44. The van der Waals surface area contributed by atoms with Crippen LogP contribution in [-0.4, -0.2) is 54.2 Å². The Morgan fingerprint density at radius 1 is 1.04 bits per heavy atom. The number of likely N-dealkylation sites (tertiary alicyclic amines) is 2. The van der Waals surface area contributed by atoms with E-state index in [1.165, 1.54) is 75.0 Å². The van der Waals surface area contributed by atoms with Crippen LogP contribution in [0.5, 0.6) is 0 Å². The van der Waals surface area contributed by atoms with Gasteiger partial charge in [-0.2, -0.15) is 0 Å². The first-order valence-electron chi connectivity index (χ1n) is 9.80. The lowest BCUT2D eigenvalue weighted by molar-refractivity contribution is -0.0452. The number of hydrogen-bond acceptors (Lipinski definition) is 3. The van der Waals surface area contributed by atoms with Crippen molar-refractivity contribution in [1.82, 2.24) is 9.80 Å². The molecule has 0 saturated carbocycles. The molecule has 0 N–H and O–H groups in total. The number of rotatable bonds is 3. The monoisotopic (exact) mass is 328 g/mol. The quantitative estimate of drug-likeness (QED) is 0.844. The van der Waals surface area contributed by atoms with Crippen molar-refractivity contribution < 1.29 is 4.74 Å². The topological polar surface area (TPSA) is 15.7 Å². The van der Waals surface area contributed by atoms with Crippen LogP contribution < -0.4 is 0 Å². The van der Waals surface area contributed by atoms with E-state index in [1.54, 1.807) is 0 Å². The molecule has 0 amide bonds. The van der Waals surface area contributed by atoms with Crippen LogP contribution in [0.1, 0.15) is 48.8 Å². The van der Waals surface area contributed by atoms with E-state index in [9.17, 15) is 0 Å². The molecule has 3 nitrogen and oxygen atoms in total. The molecule has 3 aliphatic heterocycles. The summed E-state index contributed by atoms with van der Waals surface area (Å²) in [7, 11) is 0. The summed E-state index contributed by atoms with van der Waals surface area (Å²) >= 11 is 0. The summed E-state index contributed by atoms with van der Waals surface area (Å²) in [6, 6.07) is 7.60. The average Bonchev–Trinajstić information content (AvgIpc) is 3.24. The Morgan fingerprint density at radius 3 is 2.50 bits per heavy atom. The maximum absolute atomic E-state index is 6.37. The Hall–Kier alpha value is -0.900. The fourth-order valence-corrected chi connectivity index (χ4v) is 4.79. The molecule has 132 valence electrons. The highest BCUT2D eigenvalue weighted by atomic mass is 16.5. The van der Waals surface area contributed by atoms with Gasteiger partial charge >= 0.3 is 0 Å². The predicted molar refractivity (Wildman–Crippen MR) is 98.3 cm³/mol. The number of hydrogen-bond donors (Lipinski definition) is 0. The van der Waals surface area contributed by atoms with Crippen molar-refractivity contribution in [3.8, 4) is 0 Å². The molecule has 1 spiro atoms. The molecule has 3 heterocycles. The number of nitrogens with zero attached hydrogens (tertiary/aromatic N) is 2. The van der Waals surface area contributed by atoms with Crippen molar-refractivity contribution in [2.24, 2.45) is 0 Å². The Morgan fingerprint density at radius 2 is 1.79 bits per heavy atom. The Bertz CT molecular complexity index is 571. The van der Waals surface area contributed by atoms with Gasteiger partial charge in [0.05, 0.1) is 12.2 Å². The van der Waals surface area contributed by atoms with Gasteiger partial charge < -0.3 is 4.74 Å². The average molecular weight is 329 g/mol. The molecule has 3 saturated heterocycles. The first kappa shape index (κ1) is 16.6. The Balaban J connectivity index is 1.31. The van der Waals surface area contributed by atoms with Crippen molar-refractivity contribution in [2.75, 3.05) is 32.8 Å². The van der Waals surface area contributed by atoms with E-state index in [0.717, 1.165) is 13.2 Å².